The summed E-state index contributed by atoms with van der Waals surface area (Å²) in [5.41, 5.74) is 1.97. The molecular weight excluding hydrogens is 266 g/mol. The molecule has 1 aromatic rings. The van der Waals surface area contributed by atoms with Gasteiger partial charge in [0.15, 0.2) is 0 Å². The molecule has 0 aromatic heterocycles. The summed E-state index contributed by atoms with van der Waals surface area (Å²) < 4.78 is 6.00. The molecule has 0 bridgehead atoms. The van der Waals surface area contributed by atoms with Crippen molar-refractivity contribution in [3.63, 3.8) is 0 Å². The minimum Gasteiger partial charge on any atom is -0.463 e. The number of rotatable bonds is 1. The van der Waals surface area contributed by atoms with Gasteiger partial charge in [0, 0.05) is 11.4 Å². The lowest BCUT2D eigenvalue weighted by Gasteiger charge is -2.33. The lowest BCUT2D eigenvalue weighted by molar-refractivity contribution is -0.137. The van der Waals surface area contributed by atoms with Crippen LogP contribution in [-0.4, -0.2) is 28.2 Å². The van der Waals surface area contributed by atoms with Gasteiger partial charge in [0.25, 0.3) is 0 Å². The van der Waals surface area contributed by atoms with E-state index in [-0.39, 0.29) is 11.5 Å². The Hall–Kier alpha value is -1.07. The van der Waals surface area contributed by atoms with Gasteiger partial charge in [-0.2, -0.15) is 0 Å². The normalized spacial score (nSPS) is 27.1. The number of hydrogen-bond acceptors (Lipinski definition) is 4. The maximum Gasteiger partial charge on any atom is 0.308 e. The Morgan fingerprint density at radius 3 is 3.00 bits per heavy atom. The summed E-state index contributed by atoms with van der Waals surface area (Å²) in [5, 5.41) is 0. The lowest BCUT2D eigenvalue weighted by atomic mass is 9.98. The first-order valence-electron chi connectivity index (χ1n) is 5.80. The van der Waals surface area contributed by atoms with Crippen molar-refractivity contribution in [2.45, 2.75) is 18.9 Å². The van der Waals surface area contributed by atoms with Crippen molar-refractivity contribution in [3.8, 4) is 0 Å². The molecule has 18 heavy (non-hydrogen) atoms. The number of esters is 1. The highest BCUT2D eigenvalue weighted by atomic mass is 32.2. The van der Waals surface area contributed by atoms with E-state index in [1.165, 1.54) is 5.56 Å². The minimum absolute atomic E-state index is 0.127. The largest absolute Gasteiger partial charge is 0.463 e. The van der Waals surface area contributed by atoms with Crippen LogP contribution in [-0.2, 0) is 9.53 Å². The van der Waals surface area contributed by atoms with Gasteiger partial charge in [-0.3, -0.25) is 4.79 Å². The molecule has 2 aliphatic rings. The second-order valence-corrected chi connectivity index (χ2v) is 6.40. The van der Waals surface area contributed by atoms with Gasteiger partial charge in [-0.05, 0) is 24.6 Å². The summed E-state index contributed by atoms with van der Waals surface area (Å²) in [6.45, 7) is 2.49. The molecule has 2 saturated heterocycles. The zero-order valence-electron chi connectivity index (χ0n) is 10.0. The zero-order valence-corrected chi connectivity index (χ0v) is 11.6. The van der Waals surface area contributed by atoms with Crippen LogP contribution >= 0.6 is 24.0 Å². The fraction of sp³-hybridized carbons (Fsp3) is 0.385. The van der Waals surface area contributed by atoms with Gasteiger partial charge in [-0.15, -0.1) is 0 Å². The topological polar surface area (TPSA) is 29.5 Å². The Morgan fingerprint density at radius 1 is 1.50 bits per heavy atom. The van der Waals surface area contributed by atoms with E-state index in [1.807, 2.05) is 12.1 Å². The second-order valence-electron chi connectivity index (χ2n) is 4.79. The lowest BCUT2D eigenvalue weighted by Crippen LogP contribution is -2.48. The highest BCUT2D eigenvalue weighted by Gasteiger charge is 2.51. The highest BCUT2D eigenvalue weighted by molar-refractivity contribution is 8.23. The van der Waals surface area contributed by atoms with Crippen molar-refractivity contribution in [1.29, 1.82) is 0 Å². The molecule has 0 aliphatic carbocycles. The monoisotopic (exact) mass is 279 g/mol. The first-order chi connectivity index (χ1) is 8.61. The summed E-state index contributed by atoms with van der Waals surface area (Å²) in [6.07, 6.45) is 0.425. The SMILES string of the molecule is Cc1cccc(N2C(=S)SCC23COC(=O)C3)c1. The van der Waals surface area contributed by atoms with E-state index < -0.39 is 0 Å². The van der Waals surface area contributed by atoms with Gasteiger partial charge in [0.1, 0.15) is 16.5 Å². The van der Waals surface area contributed by atoms with Gasteiger partial charge in [0.05, 0.1) is 6.42 Å². The number of aryl methyl sites for hydroxylation is 1. The Balaban J connectivity index is 2.02. The number of carbonyl (C=O) groups excluding carboxylic acids is 1. The third-order valence-electron chi connectivity index (χ3n) is 3.36. The van der Waals surface area contributed by atoms with Crippen LogP contribution in [0.1, 0.15) is 12.0 Å². The van der Waals surface area contributed by atoms with Crippen LogP contribution in [0.3, 0.4) is 0 Å². The number of hydrogen-bond donors (Lipinski definition) is 0. The predicted octanol–water partition coefficient (Wildman–Crippen LogP) is 2.52. The number of cyclic esters (lactones) is 1. The van der Waals surface area contributed by atoms with Crippen molar-refractivity contribution in [1.82, 2.24) is 0 Å². The molecule has 1 unspecified atom stereocenters. The van der Waals surface area contributed by atoms with E-state index in [0.717, 1.165) is 15.8 Å². The summed E-state index contributed by atoms with van der Waals surface area (Å²) in [7, 11) is 0. The van der Waals surface area contributed by atoms with Gasteiger partial charge >= 0.3 is 5.97 Å². The van der Waals surface area contributed by atoms with Crippen molar-refractivity contribution in [2.75, 3.05) is 17.3 Å². The third-order valence-corrected chi connectivity index (χ3v) is 5.00. The molecule has 2 heterocycles. The van der Waals surface area contributed by atoms with Gasteiger partial charge in [-0.25, -0.2) is 0 Å². The summed E-state index contributed by atoms with van der Waals surface area (Å²) in [4.78, 5) is 13.6. The Bertz CT molecular complexity index is 527. The van der Waals surface area contributed by atoms with Crippen LogP contribution in [0.2, 0.25) is 0 Å². The fourth-order valence-corrected chi connectivity index (χ4v) is 4.10. The molecule has 1 aromatic carbocycles. The molecule has 2 fully saturated rings. The Kier molecular flexibility index (Phi) is 2.83. The first-order valence-corrected chi connectivity index (χ1v) is 7.19. The average Bonchev–Trinajstić information content (AvgIpc) is 2.84. The molecule has 94 valence electrons. The molecule has 5 heteroatoms. The molecule has 0 saturated carbocycles. The smallest absolute Gasteiger partial charge is 0.308 e. The van der Waals surface area contributed by atoms with E-state index in [9.17, 15) is 4.79 Å². The van der Waals surface area contributed by atoms with E-state index >= 15 is 0 Å². The number of thioether (sulfide) groups is 1. The first kappa shape index (κ1) is 12.0. The van der Waals surface area contributed by atoms with Crippen LogP contribution in [0.25, 0.3) is 0 Å². The van der Waals surface area contributed by atoms with Crippen LogP contribution < -0.4 is 4.90 Å². The summed E-state index contributed by atoms with van der Waals surface area (Å²) in [5.74, 6) is 0.698. The van der Waals surface area contributed by atoms with Crippen molar-refractivity contribution in [2.24, 2.45) is 0 Å². The van der Waals surface area contributed by atoms with Crippen LogP contribution in [0, 0.1) is 6.92 Å². The molecule has 1 atom stereocenters. The average molecular weight is 279 g/mol. The molecule has 1 spiro atoms. The number of anilines is 1. The van der Waals surface area contributed by atoms with Crippen LogP contribution in [0.5, 0.6) is 0 Å². The molecule has 3 rings (SSSR count). The van der Waals surface area contributed by atoms with Crippen molar-refractivity contribution in [3.05, 3.63) is 29.8 Å². The highest BCUT2D eigenvalue weighted by Crippen LogP contribution is 2.42. The summed E-state index contributed by atoms with van der Waals surface area (Å²) in [6, 6.07) is 8.21. The van der Waals surface area contributed by atoms with Crippen molar-refractivity contribution >= 4 is 40.0 Å². The number of nitrogens with zero attached hydrogens (tertiary/aromatic N) is 1. The van der Waals surface area contributed by atoms with Gasteiger partial charge in [0.2, 0.25) is 0 Å². The quantitative estimate of drug-likeness (QED) is 0.582. The fourth-order valence-electron chi connectivity index (χ4n) is 2.49. The maximum absolute atomic E-state index is 11.5. The van der Waals surface area contributed by atoms with Crippen LogP contribution in [0.4, 0.5) is 5.69 Å². The summed E-state index contributed by atoms with van der Waals surface area (Å²) >= 11 is 7.07. The number of thiocarbonyl (C=S) groups is 1. The predicted molar refractivity (Wildman–Crippen MR) is 77.0 cm³/mol. The number of benzene rings is 1. The number of carbonyl (C=O) groups is 1. The molecule has 2 aliphatic heterocycles. The van der Waals surface area contributed by atoms with E-state index in [2.05, 4.69) is 24.0 Å². The van der Waals surface area contributed by atoms with Crippen LogP contribution in [0.15, 0.2) is 24.3 Å². The third kappa shape index (κ3) is 1.82. The van der Waals surface area contributed by atoms with E-state index in [1.54, 1.807) is 11.8 Å². The molecular formula is C13H13NO2S2. The van der Waals surface area contributed by atoms with E-state index in [4.69, 9.17) is 17.0 Å². The standard InChI is InChI=1S/C13H13NO2S2/c1-9-3-2-4-10(5-9)14-12(17)18-8-13(14)6-11(15)16-7-13/h2-5H,6-8H2,1H3. The maximum atomic E-state index is 11.5. The molecule has 0 N–H and O–H groups in total. The minimum atomic E-state index is -0.271. The number of ether oxygens (including phenoxy) is 1. The van der Waals surface area contributed by atoms with Gasteiger partial charge < -0.3 is 9.64 Å². The molecule has 0 radical (unpaired) electrons. The Morgan fingerprint density at radius 2 is 2.33 bits per heavy atom. The second kappa shape index (κ2) is 4.24. The Labute approximate surface area is 115 Å². The molecule has 3 nitrogen and oxygen atoms in total. The van der Waals surface area contributed by atoms with Crippen molar-refractivity contribution < 1.29 is 9.53 Å². The van der Waals surface area contributed by atoms with E-state index in [0.29, 0.717) is 13.0 Å². The van der Waals surface area contributed by atoms with Gasteiger partial charge in [-0.1, -0.05) is 36.1 Å². The zero-order chi connectivity index (χ0) is 12.8. The molecule has 0 amide bonds.